The highest BCUT2D eigenvalue weighted by molar-refractivity contribution is 6.00. The maximum absolute atomic E-state index is 13.8. The third-order valence-corrected chi connectivity index (χ3v) is 8.19. The fourth-order valence-electron chi connectivity index (χ4n) is 7.35. The van der Waals surface area contributed by atoms with Crippen molar-refractivity contribution >= 4 is 29.1 Å². The van der Waals surface area contributed by atoms with Crippen molar-refractivity contribution in [2.75, 3.05) is 23.8 Å². The molecular weight excluding hydrogens is 394 g/mol. The predicted molar refractivity (Wildman–Crippen MR) is 115 cm³/mol. The number of hydrogen-bond donors (Lipinski definition) is 2. The zero-order valence-electron chi connectivity index (χ0n) is 17.7. The Balaban J connectivity index is 1.18. The number of carbonyl (C=O) groups excluding carboxylic acids is 3. The van der Waals surface area contributed by atoms with Crippen molar-refractivity contribution in [1.29, 1.82) is 0 Å². The molecule has 31 heavy (non-hydrogen) atoms. The molecule has 164 valence electrons. The number of nitrogens with one attached hydrogen (secondary N) is 2. The number of carbonyl (C=O) groups is 3. The Bertz CT molecular complexity index is 923. The minimum absolute atomic E-state index is 0.00216. The first-order valence-corrected chi connectivity index (χ1v) is 11.7. The number of rotatable bonds is 3. The minimum Gasteiger partial charge on any atom is -0.482 e. The van der Waals surface area contributed by atoms with Crippen molar-refractivity contribution in [2.45, 2.75) is 57.4 Å². The van der Waals surface area contributed by atoms with E-state index in [0.29, 0.717) is 47.8 Å². The molecular formula is C24H29N3O4. The highest BCUT2D eigenvalue weighted by Crippen LogP contribution is 2.60. The average Bonchev–Trinajstić information content (AvgIpc) is 3.22. The maximum atomic E-state index is 13.8. The standard InChI is InChI=1S/C24H29N3O4/c28-21-13-31-20-4-3-17(9-18(20)26-21)25-22(29)19-2-1-5-27(19)23(30)24-10-14-6-15(11-24)8-16(7-14)12-24/h3-4,9,14-16,19H,1-2,5-8,10-13H2,(H,25,29)(H,26,28). The molecule has 4 aliphatic carbocycles. The molecule has 1 atom stereocenters. The normalized spacial score (nSPS) is 35.4. The number of likely N-dealkylation sites (tertiary alicyclic amines) is 1. The van der Waals surface area contributed by atoms with Crippen LogP contribution in [0.15, 0.2) is 18.2 Å². The number of hydrogen-bond acceptors (Lipinski definition) is 4. The highest BCUT2D eigenvalue weighted by atomic mass is 16.5. The first-order chi connectivity index (χ1) is 15.0. The first kappa shape index (κ1) is 19.1. The van der Waals surface area contributed by atoms with Gasteiger partial charge in [0.15, 0.2) is 6.61 Å². The van der Waals surface area contributed by atoms with Gasteiger partial charge in [0, 0.05) is 12.2 Å². The van der Waals surface area contributed by atoms with Crippen LogP contribution in [0.4, 0.5) is 11.4 Å². The van der Waals surface area contributed by atoms with Gasteiger partial charge in [-0.2, -0.15) is 0 Å². The van der Waals surface area contributed by atoms with Crippen molar-refractivity contribution in [3.63, 3.8) is 0 Å². The highest BCUT2D eigenvalue weighted by Gasteiger charge is 2.56. The molecule has 4 saturated carbocycles. The molecule has 0 aromatic heterocycles. The van der Waals surface area contributed by atoms with E-state index >= 15 is 0 Å². The molecule has 2 heterocycles. The average molecular weight is 424 g/mol. The van der Waals surface area contributed by atoms with E-state index in [0.717, 1.165) is 25.7 Å². The maximum Gasteiger partial charge on any atom is 0.262 e. The van der Waals surface area contributed by atoms with Crippen LogP contribution in [0.2, 0.25) is 0 Å². The van der Waals surface area contributed by atoms with Crippen LogP contribution in [0, 0.1) is 23.2 Å². The summed E-state index contributed by atoms with van der Waals surface area (Å²) >= 11 is 0. The second-order valence-electron chi connectivity index (χ2n) is 10.4. The van der Waals surface area contributed by atoms with E-state index in [1.807, 2.05) is 4.90 Å². The second-order valence-corrected chi connectivity index (χ2v) is 10.4. The zero-order valence-corrected chi connectivity index (χ0v) is 17.7. The molecule has 1 aromatic rings. The number of benzene rings is 1. The molecule has 6 aliphatic rings. The molecule has 1 saturated heterocycles. The molecule has 3 amide bonds. The number of nitrogens with zero attached hydrogens (tertiary/aromatic N) is 1. The summed E-state index contributed by atoms with van der Waals surface area (Å²) in [6, 6.07) is 4.82. The largest absolute Gasteiger partial charge is 0.482 e. The van der Waals surface area contributed by atoms with E-state index in [-0.39, 0.29) is 29.7 Å². The van der Waals surface area contributed by atoms with Gasteiger partial charge in [0.05, 0.1) is 11.1 Å². The van der Waals surface area contributed by atoms with E-state index in [9.17, 15) is 14.4 Å². The summed E-state index contributed by atoms with van der Waals surface area (Å²) in [5.74, 6) is 2.60. The van der Waals surface area contributed by atoms with Crippen molar-refractivity contribution in [2.24, 2.45) is 23.2 Å². The van der Waals surface area contributed by atoms with Crippen LogP contribution < -0.4 is 15.4 Å². The zero-order chi connectivity index (χ0) is 21.2. The quantitative estimate of drug-likeness (QED) is 0.782. The fourth-order valence-corrected chi connectivity index (χ4v) is 7.35. The first-order valence-electron chi connectivity index (χ1n) is 11.7. The lowest BCUT2D eigenvalue weighted by Gasteiger charge is -2.56. The van der Waals surface area contributed by atoms with Crippen molar-refractivity contribution in [3.05, 3.63) is 18.2 Å². The van der Waals surface area contributed by atoms with Crippen molar-refractivity contribution in [1.82, 2.24) is 4.90 Å². The Hall–Kier alpha value is -2.57. The number of amides is 3. The Morgan fingerprint density at radius 2 is 1.81 bits per heavy atom. The molecule has 5 fully saturated rings. The lowest BCUT2D eigenvalue weighted by molar-refractivity contribution is -0.160. The SMILES string of the molecule is O=C1COc2ccc(NC(=O)C3CCCN3C(=O)C34CC5CC(CC(C5)C3)C4)cc2N1. The second kappa shape index (κ2) is 6.97. The van der Waals surface area contributed by atoms with Gasteiger partial charge in [-0.05, 0) is 87.3 Å². The van der Waals surface area contributed by atoms with Gasteiger partial charge in [-0.25, -0.2) is 0 Å². The van der Waals surface area contributed by atoms with Crippen molar-refractivity contribution < 1.29 is 19.1 Å². The number of fused-ring (bicyclic) bond motifs is 1. The van der Waals surface area contributed by atoms with E-state index < -0.39 is 6.04 Å². The Labute approximate surface area is 181 Å². The third-order valence-electron chi connectivity index (χ3n) is 8.19. The van der Waals surface area contributed by atoms with Gasteiger partial charge in [0.2, 0.25) is 11.8 Å². The summed E-state index contributed by atoms with van der Waals surface area (Å²) in [6.45, 7) is 0.676. The van der Waals surface area contributed by atoms with E-state index in [1.165, 1.54) is 19.3 Å². The topological polar surface area (TPSA) is 87.7 Å². The van der Waals surface area contributed by atoms with Crippen LogP contribution >= 0.6 is 0 Å². The molecule has 2 N–H and O–H groups in total. The summed E-state index contributed by atoms with van der Waals surface area (Å²) in [4.78, 5) is 40.4. The summed E-state index contributed by atoms with van der Waals surface area (Å²) in [5, 5.41) is 5.73. The van der Waals surface area contributed by atoms with Gasteiger partial charge >= 0.3 is 0 Å². The lowest BCUT2D eigenvalue weighted by atomic mass is 9.49. The molecule has 7 nitrogen and oxygen atoms in total. The van der Waals surface area contributed by atoms with Crippen LogP contribution in [-0.2, 0) is 14.4 Å². The van der Waals surface area contributed by atoms with Crippen LogP contribution in [0.1, 0.15) is 51.4 Å². The molecule has 4 bridgehead atoms. The lowest BCUT2D eigenvalue weighted by Crippen LogP contribution is -2.56. The number of ether oxygens (including phenoxy) is 1. The van der Waals surface area contributed by atoms with Crippen LogP contribution in [0.3, 0.4) is 0 Å². The van der Waals surface area contributed by atoms with E-state index in [2.05, 4.69) is 10.6 Å². The van der Waals surface area contributed by atoms with Gasteiger partial charge < -0.3 is 20.3 Å². The van der Waals surface area contributed by atoms with Crippen LogP contribution in [-0.4, -0.2) is 41.8 Å². The molecule has 1 unspecified atom stereocenters. The van der Waals surface area contributed by atoms with E-state index in [4.69, 9.17) is 4.74 Å². The van der Waals surface area contributed by atoms with Gasteiger partial charge in [-0.3, -0.25) is 14.4 Å². The number of anilines is 2. The monoisotopic (exact) mass is 423 g/mol. The summed E-state index contributed by atoms with van der Waals surface area (Å²) < 4.78 is 5.38. The minimum atomic E-state index is -0.414. The molecule has 0 radical (unpaired) electrons. The molecule has 0 spiro atoms. The Morgan fingerprint density at radius 1 is 1.10 bits per heavy atom. The van der Waals surface area contributed by atoms with Gasteiger partial charge in [0.25, 0.3) is 5.91 Å². The molecule has 2 aliphatic heterocycles. The Morgan fingerprint density at radius 3 is 2.52 bits per heavy atom. The summed E-state index contributed by atoms with van der Waals surface area (Å²) in [5.41, 5.74) is 0.941. The van der Waals surface area contributed by atoms with Crippen molar-refractivity contribution in [3.8, 4) is 5.75 Å². The summed E-state index contributed by atoms with van der Waals surface area (Å²) in [7, 11) is 0. The molecule has 1 aromatic carbocycles. The smallest absolute Gasteiger partial charge is 0.262 e. The molecule has 7 heteroatoms. The fraction of sp³-hybridized carbons (Fsp3) is 0.625. The van der Waals surface area contributed by atoms with E-state index in [1.54, 1.807) is 18.2 Å². The predicted octanol–water partition coefficient (Wildman–Crippen LogP) is 3.16. The summed E-state index contributed by atoms with van der Waals surface area (Å²) in [6.07, 6.45) is 8.53. The molecule has 7 rings (SSSR count). The van der Waals surface area contributed by atoms with Gasteiger partial charge in [-0.15, -0.1) is 0 Å². The van der Waals surface area contributed by atoms with Gasteiger partial charge in [0.1, 0.15) is 11.8 Å². The van der Waals surface area contributed by atoms with Gasteiger partial charge in [-0.1, -0.05) is 0 Å². The Kier molecular flexibility index (Phi) is 4.30. The van der Waals surface area contributed by atoms with Crippen LogP contribution in [0.5, 0.6) is 5.75 Å². The van der Waals surface area contributed by atoms with Crippen LogP contribution in [0.25, 0.3) is 0 Å². The third kappa shape index (κ3) is 3.20.